The van der Waals surface area contributed by atoms with E-state index in [-0.39, 0.29) is 5.54 Å². The van der Waals surface area contributed by atoms with E-state index in [9.17, 15) is 0 Å². The minimum Gasteiger partial charge on any atom is -0.490 e. The van der Waals surface area contributed by atoms with Gasteiger partial charge in [0.15, 0.2) is 0 Å². The molecule has 20 heavy (non-hydrogen) atoms. The number of para-hydroxylation sites is 1. The van der Waals surface area contributed by atoms with Gasteiger partial charge in [-0.1, -0.05) is 31.0 Å². The normalized spacial score (nSPS) is 23.9. The van der Waals surface area contributed by atoms with E-state index in [2.05, 4.69) is 36.2 Å². The zero-order valence-electron chi connectivity index (χ0n) is 12.5. The number of nitrogens with zero attached hydrogens (tertiary/aromatic N) is 1. The Kier molecular flexibility index (Phi) is 3.99. The van der Waals surface area contributed by atoms with E-state index >= 15 is 0 Å². The SMILES string of the molecule is CN1CCC(Oc2ccccc2C2(N)CCCC2)CC1. The number of benzene rings is 1. The van der Waals surface area contributed by atoms with E-state index < -0.39 is 0 Å². The molecule has 110 valence electrons. The fourth-order valence-electron chi connectivity index (χ4n) is 3.54. The molecule has 1 saturated heterocycles. The van der Waals surface area contributed by atoms with Crippen LogP contribution in [0.4, 0.5) is 0 Å². The van der Waals surface area contributed by atoms with Gasteiger partial charge in [-0.05, 0) is 38.8 Å². The molecule has 3 rings (SSSR count). The zero-order valence-corrected chi connectivity index (χ0v) is 12.5. The lowest BCUT2D eigenvalue weighted by molar-refractivity contribution is 0.112. The number of hydrogen-bond acceptors (Lipinski definition) is 3. The summed E-state index contributed by atoms with van der Waals surface area (Å²) in [4.78, 5) is 2.37. The van der Waals surface area contributed by atoms with Crippen molar-refractivity contribution in [3.05, 3.63) is 29.8 Å². The van der Waals surface area contributed by atoms with Crippen molar-refractivity contribution < 1.29 is 4.74 Å². The fraction of sp³-hybridized carbons (Fsp3) is 0.647. The van der Waals surface area contributed by atoms with E-state index in [1.54, 1.807) is 0 Å². The Labute approximate surface area is 122 Å². The van der Waals surface area contributed by atoms with Crippen molar-refractivity contribution in [2.75, 3.05) is 20.1 Å². The van der Waals surface area contributed by atoms with E-state index in [0.29, 0.717) is 6.10 Å². The topological polar surface area (TPSA) is 38.5 Å². The molecule has 1 aromatic rings. The highest BCUT2D eigenvalue weighted by Gasteiger charge is 2.34. The van der Waals surface area contributed by atoms with Gasteiger partial charge in [-0.15, -0.1) is 0 Å². The largest absolute Gasteiger partial charge is 0.490 e. The minimum atomic E-state index is -0.165. The molecule has 0 unspecified atom stereocenters. The van der Waals surface area contributed by atoms with E-state index in [1.807, 2.05) is 0 Å². The molecule has 3 nitrogen and oxygen atoms in total. The molecule has 0 spiro atoms. The van der Waals surface area contributed by atoms with Crippen molar-refractivity contribution in [2.45, 2.75) is 50.2 Å². The van der Waals surface area contributed by atoms with Crippen molar-refractivity contribution in [2.24, 2.45) is 5.73 Å². The molecule has 2 fully saturated rings. The number of piperidine rings is 1. The average molecular weight is 274 g/mol. The van der Waals surface area contributed by atoms with Crippen LogP contribution in [-0.2, 0) is 5.54 Å². The molecular formula is C17H26N2O. The Hall–Kier alpha value is -1.06. The van der Waals surface area contributed by atoms with Crippen LogP contribution in [0.3, 0.4) is 0 Å². The third kappa shape index (κ3) is 2.84. The Morgan fingerprint density at radius 3 is 2.50 bits per heavy atom. The van der Waals surface area contributed by atoms with E-state index in [4.69, 9.17) is 10.5 Å². The van der Waals surface area contributed by atoms with Crippen LogP contribution in [0.5, 0.6) is 5.75 Å². The van der Waals surface area contributed by atoms with Gasteiger partial charge in [0, 0.05) is 24.2 Å². The summed E-state index contributed by atoms with van der Waals surface area (Å²) >= 11 is 0. The predicted octanol–water partition coefficient (Wildman–Crippen LogP) is 2.89. The van der Waals surface area contributed by atoms with Crippen molar-refractivity contribution in [1.82, 2.24) is 4.90 Å². The molecule has 0 amide bonds. The first-order valence-electron chi connectivity index (χ1n) is 7.91. The molecule has 0 atom stereocenters. The summed E-state index contributed by atoms with van der Waals surface area (Å²) in [5.74, 6) is 1.02. The Morgan fingerprint density at radius 2 is 1.80 bits per heavy atom. The number of ether oxygens (including phenoxy) is 1. The highest BCUT2D eigenvalue weighted by Crippen LogP contribution is 2.41. The molecule has 1 aromatic carbocycles. The summed E-state index contributed by atoms with van der Waals surface area (Å²) in [5.41, 5.74) is 7.67. The van der Waals surface area contributed by atoms with Gasteiger partial charge in [0.25, 0.3) is 0 Å². The summed E-state index contributed by atoms with van der Waals surface area (Å²) in [7, 11) is 2.18. The first kappa shape index (κ1) is 13.9. The molecule has 0 bridgehead atoms. The van der Waals surface area contributed by atoms with E-state index in [0.717, 1.165) is 44.5 Å². The van der Waals surface area contributed by atoms with Gasteiger partial charge in [-0.25, -0.2) is 0 Å². The van der Waals surface area contributed by atoms with Crippen molar-refractivity contribution >= 4 is 0 Å². The van der Waals surface area contributed by atoms with Crippen LogP contribution in [0.1, 0.15) is 44.1 Å². The zero-order chi connectivity index (χ0) is 14.0. The lowest BCUT2D eigenvalue weighted by Gasteiger charge is -2.32. The molecule has 1 aliphatic heterocycles. The number of hydrogen-bond donors (Lipinski definition) is 1. The summed E-state index contributed by atoms with van der Waals surface area (Å²) in [6, 6.07) is 8.41. The van der Waals surface area contributed by atoms with Gasteiger partial charge in [-0.2, -0.15) is 0 Å². The number of rotatable bonds is 3. The summed E-state index contributed by atoms with van der Waals surface area (Å²) in [5, 5.41) is 0. The van der Waals surface area contributed by atoms with E-state index in [1.165, 1.54) is 18.4 Å². The van der Waals surface area contributed by atoms with Crippen molar-refractivity contribution in [3.8, 4) is 5.75 Å². The number of nitrogens with two attached hydrogens (primary N) is 1. The van der Waals surface area contributed by atoms with Gasteiger partial charge < -0.3 is 15.4 Å². The smallest absolute Gasteiger partial charge is 0.124 e. The highest BCUT2D eigenvalue weighted by atomic mass is 16.5. The molecule has 0 radical (unpaired) electrons. The molecular weight excluding hydrogens is 248 g/mol. The third-order valence-electron chi connectivity index (χ3n) is 4.88. The maximum absolute atomic E-state index is 6.62. The van der Waals surface area contributed by atoms with Gasteiger partial charge in [0.1, 0.15) is 11.9 Å². The second-order valence-electron chi connectivity index (χ2n) is 6.48. The average Bonchev–Trinajstić information content (AvgIpc) is 2.90. The lowest BCUT2D eigenvalue weighted by atomic mass is 9.88. The van der Waals surface area contributed by atoms with Crippen LogP contribution in [0, 0.1) is 0 Å². The minimum absolute atomic E-state index is 0.165. The molecule has 1 aliphatic carbocycles. The van der Waals surface area contributed by atoms with Crippen LogP contribution in [0.2, 0.25) is 0 Å². The molecule has 1 heterocycles. The van der Waals surface area contributed by atoms with Crippen LogP contribution < -0.4 is 10.5 Å². The van der Waals surface area contributed by atoms with Crippen molar-refractivity contribution in [1.29, 1.82) is 0 Å². The van der Waals surface area contributed by atoms with Gasteiger partial charge >= 0.3 is 0 Å². The molecule has 3 heteroatoms. The fourth-order valence-corrected chi connectivity index (χ4v) is 3.54. The quantitative estimate of drug-likeness (QED) is 0.921. The third-order valence-corrected chi connectivity index (χ3v) is 4.88. The van der Waals surface area contributed by atoms with Gasteiger partial charge in [0.2, 0.25) is 0 Å². The van der Waals surface area contributed by atoms with Crippen LogP contribution in [0.15, 0.2) is 24.3 Å². The summed E-state index contributed by atoms with van der Waals surface area (Å²) in [6.45, 7) is 2.25. The van der Waals surface area contributed by atoms with Gasteiger partial charge in [-0.3, -0.25) is 0 Å². The molecule has 2 N–H and O–H groups in total. The number of likely N-dealkylation sites (tertiary alicyclic amines) is 1. The van der Waals surface area contributed by atoms with Gasteiger partial charge in [0.05, 0.1) is 0 Å². The second kappa shape index (κ2) is 5.74. The Bertz CT molecular complexity index is 446. The standard InChI is InChI=1S/C17H26N2O/c1-19-12-8-14(9-13-19)20-16-7-3-2-6-15(16)17(18)10-4-5-11-17/h2-3,6-7,14H,4-5,8-13,18H2,1H3. The first-order valence-corrected chi connectivity index (χ1v) is 7.91. The monoisotopic (exact) mass is 274 g/mol. The van der Waals surface area contributed by atoms with Crippen LogP contribution in [0.25, 0.3) is 0 Å². The van der Waals surface area contributed by atoms with Crippen LogP contribution in [-0.4, -0.2) is 31.1 Å². The van der Waals surface area contributed by atoms with Crippen molar-refractivity contribution in [3.63, 3.8) is 0 Å². The first-order chi connectivity index (χ1) is 9.67. The Balaban J connectivity index is 1.76. The van der Waals surface area contributed by atoms with Crippen LogP contribution >= 0.6 is 0 Å². The summed E-state index contributed by atoms with van der Waals surface area (Å²) < 4.78 is 6.31. The molecule has 0 aromatic heterocycles. The maximum Gasteiger partial charge on any atom is 0.124 e. The predicted molar refractivity (Wildman–Crippen MR) is 81.9 cm³/mol. The maximum atomic E-state index is 6.62. The Morgan fingerprint density at radius 1 is 1.15 bits per heavy atom. The highest BCUT2D eigenvalue weighted by molar-refractivity contribution is 5.39. The molecule has 1 saturated carbocycles. The summed E-state index contributed by atoms with van der Waals surface area (Å²) in [6.07, 6.45) is 7.21. The second-order valence-corrected chi connectivity index (χ2v) is 6.48. The lowest BCUT2D eigenvalue weighted by Crippen LogP contribution is -2.37. The molecule has 2 aliphatic rings.